The van der Waals surface area contributed by atoms with Gasteiger partial charge in [-0.1, -0.05) is 23.7 Å². The van der Waals surface area contributed by atoms with Crippen LogP contribution >= 0.6 is 11.6 Å². The SMILES string of the molecule is O=C(Cc1cccc(C(F)(F)F)c1Cl)NC1COc2ncccc21. The first-order chi connectivity index (χ1) is 11.4. The molecule has 3 rings (SSSR count). The molecule has 1 aromatic carbocycles. The number of pyridine rings is 1. The molecule has 0 aliphatic carbocycles. The van der Waals surface area contributed by atoms with Crippen molar-refractivity contribution >= 4 is 17.5 Å². The number of hydrogen-bond donors (Lipinski definition) is 1. The van der Waals surface area contributed by atoms with Crippen molar-refractivity contribution in [2.45, 2.75) is 18.6 Å². The molecular weight excluding hydrogens is 345 g/mol. The molecule has 0 saturated carbocycles. The van der Waals surface area contributed by atoms with Gasteiger partial charge in [0.25, 0.3) is 0 Å². The summed E-state index contributed by atoms with van der Waals surface area (Å²) in [7, 11) is 0. The van der Waals surface area contributed by atoms with Gasteiger partial charge in [-0.15, -0.1) is 0 Å². The first kappa shape index (κ1) is 16.6. The molecule has 1 atom stereocenters. The van der Waals surface area contributed by atoms with Crippen LogP contribution in [0.1, 0.15) is 22.7 Å². The number of aromatic nitrogens is 1. The van der Waals surface area contributed by atoms with Crippen LogP contribution < -0.4 is 10.1 Å². The van der Waals surface area contributed by atoms with Gasteiger partial charge in [0.2, 0.25) is 11.8 Å². The summed E-state index contributed by atoms with van der Waals surface area (Å²) in [5, 5.41) is 2.27. The Balaban J connectivity index is 1.73. The lowest BCUT2D eigenvalue weighted by Crippen LogP contribution is -2.30. The van der Waals surface area contributed by atoms with Crippen molar-refractivity contribution in [3.63, 3.8) is 0 Å². The van der Waals surface area contributed by atoms with Gasteiger partial charge in [0.05, 0.1) is 23.0 Å². The average Bonchev–Trinajstić information content (AvgIpc) is 2.91. The minimum Gasteiger partial charge on any atom is -0.475 e. The Morgan fingerprint density at radius 2 is 2.12 bits per heavy atom. The number of benzene rings is 1. The number of amides is 1. The quantitative estimate of drug-likeness (QED) is 0.915. The van der Waals surface area contributed by atoms with E-state index < -0.39 is 22.7 Å². The van der Waals surface area contributed by atoms with E-state index in [-0.39, 0.29) is 24.6 Å². The Labute approximate surface area is 140 Å². The molecule has 0 radical (unpaired) electrons. The number of rotatable bonds is 3. The van der Waals surface area contributed by atoms with Crippen molar-refractivity contribution in [1.29, 1.82) is 0 Å². The fourth-order valence-corrected chi connectivity index (χ4v) is 2.81. The summed E-state index contributed by atoms with van der Waals surface area (Å²) in [4.78, 5) is 16.2. The van der Waals surface area contributed by atoms with Crippen LogP contribution in [0, 0.1) is 0 Å². The maximum atomic E-state index is 12.9. The van der Waals surface area contributed by atoms with Crippen molar-refractivity contribution in [3.05, 3.63) is 58.2 Å². The number of carbonyl (C=O) groups is 1. The van der Waals surface area contributed by atoms with E-state index in [0.717, 1.165) is 11.6 Å². The zero-order valence-corrected chi connectivity index (χ0v) is 13.0. The molecule has 126 valence electrons. The van der Waals surface area contributed by atoms with Crippen LogP contribution in [-0.4, -0.2) is 17.5 Å². The maximum absolute atomic E-state index is 12.9. The highest BCUT2D eigenvalue weighted by Crippen LogP contribution is 2.36. The second-order valence-electron chi connectivity index (χ2n) is 5.28. The summed E-state index contributed by atoms with van der Waals surface area (Å²) in [6.07, 6.45) is -3.24. The second-order valence-corrected chi connectivity index (χ2v) is 5.66. The molecule has 1 aromatic heterocycles. The maximum Gasteiger partial charge on any atom is 0.417 e. The highest BCUT2D eigenvalue weighted by molar-refractivity contribution is 6.32. The second kappa shape index (κ2) is 6.32. The van der Waals surface area contributed by atoms with Crippen molar-refractivity contribution in [2.24, 2.45) is 0 Å². The fourth-order valence-electron chi connectivity index (χ4n) is 2.51. The molecule has 1 aliphatic rings. The molecule has 0 bridgehead atoms. The molecule has 0 saturated heterocycles. The van der Waals surface area contributed by atoms with E-state index in [4.69, 9.17) is 16.3 Å². The lowest BCUT2D eigenvalue weighted by molar-refractivity contribution is -0.137. The Morgan fingerprint density at radius 3 is 2.88 bits per heavy atom. The van der Waals surface area contributed by atoms with Gasteiger partial charge in [-0.3, -0.25) is 4.79 Å². The van der Waals surface area contributed by atoms with Crippen LogP contribution in [0.2, 0.25) is 5.02 Å². The highest BCUT2D eigenvalue weighted by atomic mass is 35.5. The summed E-state index contributed by atoms with van der Waals surface area (Å²) >= 11 is 5.80. The van der Waals surface area contributed by atoms with Gasteiger partial charge in [0.15, 0.2) is 0 Å². The third-order valence-corrected chi connectivity index (χ3v) is 4.08. The Bertz CT molecular complexity index is 780. The molecule has 2 aromatic rings. The lowest BCUT2D eigenvalue weighted by atomic mass is 10.1. The number of carbonyl (C=O) groups excluding carboxylic acids is 1. The third kappa shape index (κ3) is 3.31. The predicted molar refractivity (Wildman–Crippen MR) is 80.8 cm³/mol. The fraction of sp³-hybridized carbons (Fsp3) is 0.250. The van der Waals surface area contributed by atoms with Crippen LogP contribution in [-0.2, 0) is 17.4 Å². The summed E-state index contributed by atoms with van der Waals surface area (Å²) in [6, 6.07) is 6.63. The van der Waals surface area contributed by atoms with Crippen LogP contribution in [0.4, 0.5) is 13.2 Å². The highest BCUT2D eigenvalue weighted by Gasteiger charge is 2.34. The van der Waals surface area contributed by atoms with Gasteiger partial charge in [-0.25, -0.2) is 4.98 Å². The predicted octanol–water partition coefficient (Wildman–Crippen LogP) is 3.55. The third-order valence-electron chi connectivity index (χ3n) is 3.63. The first-order valence-corrected chi connectivity index (χ1v) is 7.45. The molecule has 1 unspecified atom stereocenters. The van der Waals surface area contributed by atoms with Crippen molar-refractivity contribution in [1.82, 2.24) is 10.3 Å². The normalized spacial score (nSPS) is 16.4. The van der Waals surface area contributed by atoms with Crippen LogP contribution in [0.3, 0.4) is 0 Å². The molecule has 0 fully saturated rings. The van der Waals surface area contributed by atoms with E-state index in [1.807, 2.05) is 0 Å². The lowest BCUT2D eigenvalue weighted by Gasteiger charge is -2.14. The van der Waals surface area contributed by atoms with E-state index >= 15 is 0 Å². The number of fused-ring (bicyclic) bond motifs is 1. The standard InChI is InChI=1S/C16H12ClF3N2O2/c17-14-9(3-1-5-11(14)16(18,19)20)7-13(23)22-12-8-24-15-10(12)4-2-6-21-15/h1-6,12H,7-8H2,(H,22,23). The molecule has 8 heteroatoms. The van der Waals surface area contributed by atoms with Crippen LogP contribution in [0.15, 0.2) is 36.5 Å². The molecule has 24 heavy (non-hydrogen) atoms. The molecule has 1 N–H and O–H groups in total. The largest absolute Gasteiger partial charge is 0.475 e. The summed E-state index contributed by atoms with van der Waals surface area (Å²) in [6.45, 7) is 0.231. The number of hydrogen-bond acceptors (Lipinski definition) is 3. The van der Waals surface area contributed by atoms with Gasteiger partial charge in [0, 0.05) is 11.8 Å². The monoisotopic (exact) mass is 356 g/mol. The van der Waals surface area contributed by atoms with E-state index in [9.17, 15) is 18.0 Å². The molecular formula is C16H12ClF3N2O2. The molecule has 0 spiro atoms. The summed E-state index contributed by atoms with van der Waals surface area (Å²) in [5.41, 5.74) is -0.0940. The molecule has 2 heterocycles. The van der Waals surface area contributed by atoms with E-state index in [2.05, 4.69) is 10.3 Å². The number of alkyl halides is 3. The molecule has 1 aliphatic heterocycles. The van der Waals surface area contributed by atoms with Gasteiger partial charge in [-0.05, 0) is 23.8 Å². The van der Waals surface area contributed by atoms with E-state index in [1.54, 1.807) is 18.3 Å². The zero-order chi connectivity index (χ0) is 17.3. The minimum atomic E-state index is -4.56. The zero-order valence-electron chi connectivity index (χ0n) is 12.2. The van der Waals surface area contributed by atoms with Gasteiger partial charge in [-0.2, -0.15) is 13.2 Å². The smallest absolute Gasteiger partial charge is 0.417 e. The topological polar surface area (TPSA) is 51.2 Å². The number of nitrogens with one attached hydrogen (secondary N) is 1. The Hall–Kier alpha value is -2.28. The minimum absolute atomic E-state index is 0.120. The van der Waals surface area contributed by atoms with E-state index in [0.29, 0.717) is 5.88 Å². The first-order valence-electron chi connectivity index (χ1n) is 7.08. The van der Waals surface area contributed by atoms with Gasteiger partial charge in [0.1, 0.15) is 6.61 Å². The van der Waals surface area contributed by atoms with Crippen LogP contribution in [0.25, 0.3) is 0 Å². The van der Waals surface area contributed by atoms with Crippen molar-refractivity contribution < 1.29 is 22.7 Å². The van der Waals surface area contributed by atoms with Crippen molar-refractivity contribution in [2.75, 3.05) is 6.61 Å². The average molecular weight is 357 g/mol. The molecule has 4 nitrogen and oxygen atoms in total. The summed E-state index contributed by atoms with van der Waals surface area (Å²) < 4.78 is 43.9. The Kier molecular flexibility index (Phi) is 4.36. The van der Waals surface area contributed by atoms with Gasteiger partial charge < -0.3 is 10.1 Å². The van der Waals surface area contributed by atoms with Crippen LogP contribution in [0.5, 0.6) is 5.88 Å². The number of ether oxygens (including phenoxy) is 1. The van der Waals surface area contributed by atoms with Crippen molar-refractivity contribution in [3.8, 4) is 5.88 Å². The van der Waals surface area contributed by atoms with E-state index in [1.165, 1.54) is 12.1 Å². The molecule has 1 amide bonds. The number of halogens is 4. The van der Waals surface area contributed by atoms with Gasteiger partial charge >= 0.3 is 6.18 Å². The Morgan fingerprint density at radius 1 is 1.33 bits per heavy atom. The summed E-state index contributed by atoms with van der Waals surface area (Å²) in [5.74, 6) is 0.00132. The number of nitrogens with zero attached hydrogens (tertiary/aromatic N) is 1.